The SMILES string of the molecule is C[C@H](CN1CCN(C(=O)OCc2ccccc2)CC1)NC(=O)OC(C)(C)C. The zero-order valence-corrected chi connectivity index (χ0v) is 16.7. The smallest absolute Gasteiger partial charge is 0.410 e. The molecule has 7 nitrogen and oxygen atoms in total. The van der Waals surface area contributed by atoms with Crippen LogP contribution in [0.15, 0.2) is 30.3 Å². The number of hydrogen-bond acceptors (Lipinski definition) is 5. The maximum absolute atomic E-state index is 12.2. The Balaban J connectivity index is 1.67. The van der Waals surface area contributed by atoms with E-state index in [1.54, 1.807) is 4.90 Å². The number of nitrogens with one attached hydrogen (secondary N) is 1. The molecule has 1 aliphatic heterocycles. The van der Waals surface area contributed by atoms with Crippen molar-refractivity contribution in [3.05, 3.63) is 35.9 Å². The van der Waals surface area contributed by atoms with Crippen molar-refractivity contribution >= 4 is 12.2 Å². The Kier molecular flexibility index (Phi) is 7.47. The summed E-state index contributed by atoms with van der Waals surface area (Å²) in [4.78, 5) is 28.0. The predicted octanol–water partition coefficient (Wildman–Crippen LogP) is 2.85. The van der Waals surface area contributed by atoms with E-state index >= 15 is 0 Å². The summed E-state index contributed by atoms with van der Waals surface area (Å²) >= 11 is 0. The summed E-state index contributed by atoms with van der Waals surface area (Å²) in [6, 6.07) is 9.62. The van der Waals surface area contributed by atoms with Gasteiger partial charge < -0.3 is 19.7 Å². The molecule has 1 N–H and O–H groups in total. The summed E-state index contributed by atoms with van der Waals surface area (Å²) in [6.45, 7) is 11.2. The van der Waals surface area contributed by atoms with Gasteiger partial charge >= 0.3 is 12.2 Å². The van der Waals surface area contributed by atoms with Gasteiger partial charge in [-0.1, -0.05) is 30.3 Å². The lowest BCUT2D eigenvalue weighted by Gasteiger charge is -2.35. The molecular weight excluding hydrogens is 346 g/mol. The van der Waals surface area contributed by atoms with E-state index in [0.29, 0.717) is 19.6 Å². The van der Waals surface area contributed by atoms with Gasteiger partial charge in [-0.05, 0) is 33.3 Å². The number of amides is 2. The maximum atomic E-state index is 12.2. The van der Waals surface area contributed by atoms with Crippen LogP contribution in [0.25, 0.3) is 0 Å². The van der Waals surface area contributed by atoms with Crippen LogP contribution in [0, 0.1) is 0 Å². The summed E-state index contributed by atoms with van der Waals surface area (Å²) in [5, 5.41) is 2.85. The fraction of sp³-hybridized carbons (Fsp3) is 0.600. The van der Waals surface area contributed by atoms with Gasteiger partial charge in [-0.3, -0.25) is 4.90 Å². The predicted molar refractivity (Wildman–Crippen MR) is 103 cm³/mol. The van der Waals surface area contributed by atoms with E-state index in [9.17, 15) is 9.59 Å². The monoisotopic (exact) mass is 377 g/mol. The lowest BCUT2D eigenvalue weighted by Crippen LogP contribution is -2.52. The van der Waals surface area contributed by atoms with E-state index < -0.39 is 11.7 Å². The Morgan fingerprint density at radius 1 is 1.11 bits per heavy atom. The first-order valence-corrected chi connectivity index (χ1v) is 9.40. The lowest BCUT2D eigenvalue weighted by atomic mass is 10.2. The number of piperazine rings is 1. The highest BCUT2D eigenvalue weighted by Crippen LogP contribution is 2.09. The molecular formula is C20H31N3O4. The van der Waals surface area contributed by atoms with Crippen LogP contribution in [0.4, 0.5) is 9.59 Å². The molecule has 0 spiro atoms. The zero-order valence-electron chi connectivity index (χ0n) is 16.7. The van der Waals surface area contributed by atoms with Crippen molar-refractivity contribution in [3.63, 3.8) is 0 Å². The third-order valence-electron chi connectivity index (χ3n) is 4.13. The van der Waals surface area contributed by atoms with Crippen molar-refractivity contribution in [2.24, 2.45) is 0 Å². The molecule has 1 aliphatic rings. The molecule has 1 aromatic rings. The lowest BCUT2D eigenvalue weighted by molar-refractivity contribution is 0.0480. The quantitative estimate of drug-likeness (QED) is 0.854. The maximum Gasteiger partial charge on any atom is 0.410 e. The second-order valence-corrected chi connectivity index (χ2v) is 7.88. The summed E-state index contributed by atoms with van der Waals surface area (Å²) < 4.78 is 10.6. The fourth-order valence-corrected chi connectivity index (χ4v) is 2.87. The van der Waals surface area contributed by atoms with Crippen LogP contribution < -0.4 is 5.32 Å². The van der Waals surface area contributed by atoms with Crippen molar-refractivity contribution in [1.29, 1.82) is 0 Å². The van der Waals surface area contributed by atoms with Crippen LogP contribution in [0.3, 0.4) is 0 Å². The largest absolute Gasteiger partial charge is 0.445 e. The van der Waals surface area contributed by atoms with E-state index in [1.807, 2.05) is 58.0 Å². The van der Waals surface area contributed by atoms with Crippen LogP contribution in [0.5, 0.6) is 0 Å². The Labute approximate surface area is 161 Å². The van der Waals surface area contributed by atoms with Crippen molar-refractivity contribution in [2.45, 2.75) is 45.9 Å². The normalized spacial score (nSPS) is 16.5. The average Bonchev–Trinajstić information content (AvgIpc) is 2.59. The van der Waals surface area contributed by atoms with Crippen LogP contribution in [0.2, 0.25) is 0 Å². The second-order valence-electron chi connectivity index (χ2n) is 7.88. The number of carbonyl (C=O) groups excluding carboxylic acids is 2. The number of rotatable bonds is 5. The summed E-state index contributed by atoms with van der Waals surface area (Å²) in [6.07, 6.45) is -0.684. The van der Waals surface area contributed by atoms with E-state index in [0.717, 1.165) is 18.7 Å². The van der Waals surface area contributed by atoms with Gasteiger partial charge in [0.1, 0.15) is 12.2 Å². The number of ether oxygens (including phenoxy) is 2. The standard InChI is InChI=1S/C20H31N3O4/c1-16(21-18(24)27-20(2,3)4)14-22-10-12-23(13-11-22)19(25)26-15-17-8-6-5-7-9-17/h5-9,16H,10-15H2,1-4H3,(H,21,24)/t16-/m1/s1. The second kappa shape index (κ2) is 9.60. The molecule has 1 saturated heterocycles. The molecule has 2 rings (SSSR count). The number of alkyl carbamates (subject to hydrolysis) is 1. The van der Waals surface area contributed by atoms with Crippen molar-refractivity contribution < 1.29 is 19.1 Å². The fourth-order valence-electron chi connectivity index (χ4n) is 2.87. The van der Waals surface area contributed by atoms with Crippen molar-refractivity contribution in [3.8, 4) is 0 Å². The highest BCUT2D eigenvalue weighted by Gasteiger charge is 2.24. The molecule has 1 heterocycles. The van der Waals surface area contributed by atoms with E-state index in [4.69, 9.17) is 9.47 Å². The number of benzene rings is 1. The van der Waals surface area contributed by atoms with Gasteiger partial charge in [0.2, 0.25) is 0 Å². The van der Waals surface area contributed by atoms with Gasteiger partial charge in [-0.15, -0.1) is 0 Å². The highest BCUT2D eigenvalue weighted by molar-refractivity contribution is 5.68. The first-order chi connectivity index (χ1) is 12.7. The Morgan fingerprint density at radius 2 is 1.74 bits per heavy atom. The molecule has 1 fully saturated rings. The minimum absolute atomic E-state index is 0.0311. The number of hydrogen-bond donors (Lipinski definition) is 1. The average molecular weight is 377 g/mol. The molecule has 1 atom stereocenters. The summed E-state index contributed by atoms with van der Waals surface area (Å²) in [5.41, 5.74) is 0.474. The first kappa shape index (κ1) is 21.0. The molecule has 0 bridgehead atoms. The van der Waals surface area contributed by atoms with Gasteiger partial charge in [0.15, 0.2) is 0 Å². The molecule has 0 saturated carbocycles. The van der Waals surface area contributed by atoms with Crippen LogP contribution in [-0.4, -0.2) is 66.4 Å². The molecule has 0 aromatic heterocycles. The number of nitrogens with zero attached hydrogens (tertiary/aromatic N) is 2. The topological polar surface area (TPSA) is 71.1 Å². The van der Waals surface area contributed by atoms with Gasteiger partial charge in [0, 0.05) is 38.8 Å². The third-order valence-corrected chi connectivity index (χ3v) is 4.13. The van der Waals surface area contributed by atoms with E-state index in [1.165, 1.54) is 0 Å². The van der Waals surface area contributed by atoms with Crippen molar-refractivity contribution in [1.82, 2.24) is 15.1 Å². The minimum Gasteiger partial charge on any atom is -0.445 e. The van der Waals surface area contributed by atoms with Crippen LogP contribution in [-0.2, 0) is 16.1 Å². The van der Waals surface area contributed by atoms with Crippen LogP contribution in [0.1, 0.15) is 33.3 Å². The minimum atomic E-state index is -0.504. The first-order valence-electron chi connectivity index (χ1n) is 9.40. The van der Waals surface area contributed by atoms with Crippen LogP contribution >= 0.6 is 0 Å². The molecule has 150 valence electrons. The zero-order chi connectivity index (χ0) is 19.9. The molecule has 1 aromatic carbocycles. The Hall–Kier alpha value is -2.28. The molecule has 27 heavy (non-hydrogen) atoms. The third kappa shape index (κ3) is 7.86. The van der Waals surface area contributed by atoms with E-state index in [2.05, 4.69) is 10.2 Å². The van der Waals surface area contributed by atoms with Gasteiger partial charge in [0.25, 0.3) is 0 Å². The van der Waals surface area contributed by atoms with Gasteiger partial charge in [-0.2, -0.15) is 0 Å². The highest BCUT2D eigenvalue weighted by atomic mass is 16.6. The van der Waals surface area contributed by atoms with Gasteiger partial charge in [-0.25, -0.2) is 9.59 Å². The molecule has 0 unspecified atom stereocenters. The number of carbonyl (C=O) groups is 2. The molecule has 7 heteroatoms. The Bertz CT molecular complexity index is 607. The molecule has 0 radical (unpaired) electrons. The Morgan fingerprint density at radius 3 is 2.33 bits per heavy atom. The molecule has 0 aliphatic carbocycles. The van der Waals surface area contributed by atoms with E-state index in [-0.39, 0.29) is 18.7 Å². The van der Waals surface area contributed by atoms with Crippen molar-refractivity contribution in [2.75, 3.05) is 32.7 Å². The summed E-state index contributed by atoms with van der Waals surface area (Å²) in [5.74, 6) is 0. The molecule has 2 amide bonds. The summed E-state index contributed by atoms with van der Waals surface area (Å²) in [7, 11) is 0. The van der Waals surface area contributed by atoms with Gasteiger partial charge in [0.05, 0.1) is 0 Å².